The SMILES string of the molecule is Cc1ccc(CNC(=O)CCOc2cccc(N)c2)o1. The first-order valence-electron chi connectivity index (χ1n) is 6.44. The lowest BCUT2D eigenvalue weighted by molar-refractivity contribution is -0.121. The van der Waals surface area contributed by atoms with Crippen LogP contribution in [0.25, 0.3) is 0 Å². The van der Waals surface area contributed by atoms with Crippen LogP contribution in [-0.4, -0.2) is 12.5 Å². The molecule has 2 rings (SSSR count). The monoisotopic (exact) mass is 274 g/mol. The van der Waals surface area contributed by atoms with Crippen molar-refractivity contribution in [2.45, 2.75) is 19.9 Å². The van der Waals surface area contributed by atoms with Gasteiger partial charge in [-0.2, -0.15) is 0 Å². The van der Waals surface area contributed by atoms with Crippen molar-refractivity contribution in [1.82, 2.24) is 5.32 Å². The van der Waals surface area contributed by atoms with Crippen LogP contribution in [0.3, 0.4) is 0 Å². The summed E-state index contributed by atoms with van der Waals surface area (Å²) in [5.74, 6) is 2.16. The van der Waals surface area contributed by atoms with E-state index < -0.39 is 0 Å². The molecule has 0 spiro atoms. The molecule has 1 aromatic carbocycles. The summed E-state index contributed by atoms with van der Waals surface area (Å²) < 4.78 is 10.8. The molecule has 20 heavy (non-hydrogen) atoms. The highest BCUT2D eigenvalue weighted by molar-refractivity contribution is 5.75. The number of hydrogen-bond donors (Lipinski definition) is 2. The van der Waals surface area contributed by atoms with Gasteiger partial charge in [0.15, 0.2) is 0 Å². The van der Waals surface area contributed by atoms with E-state index in [9.17, 15) is 4.79 Å². The molecule has 0 aliphatic rings. The molecule has 0 bridgehead atoms. The van der Waals surface area contributed by atoms with Crippen LogP contribution in [0.4, 0.5) is 5.69 Å². The Morgan fingerprint density at radius 2 is 2.20 bits per heavy atom. The van der Waals surface area contributed by atoms with Crippen LogP contribution in [0, 0.1) is 6.92 Å². The Morgan fingerprint density at radius 1 is 1.35 bits per heavy atom. The van der Waals surface area contributed by atoms with E-state index in [0.29, 0.717) is 24.6 Å². The predicted octanol–water partition coefficient (Wildman–Crippen LogP) is 2.26. The van der Waals surface area contributed by atoms with Crippen molar-refractivity contribution in [3.05, 3.63) is 47.9 Å². The van der Waals surface area contributed by atoms with E-state index >= 15 is 0 Å². The highest BCUT2D eigenvalue weighted by Crippen LogP contribution is 2.14. The van der Waals surface area contributed by atoms with Crippen LogP contribution < -0.4 is 15.8 Å². The normalized spacial score (nSPS) is 10.2. The van der Waals surface area contributed by atoms with Gasteiger partial charge in [0.1, 0.15) is 17.3 Å². The van der Waals surface area contributed by atoms with Crippen LogP contribution in [0.5, 0.6) is 5.75 Å². The summed E-state index contributed by atoms with van der Waals surface area (Å²) in [7, 11) is 0. The van der Waals surface area contributed by atoms with E-state index in [0.717, 1.165) is 11.5 Å². The van der Waals surface area contributed by atoms with Crippen molar-refractivity contribution in [2.24, 2.45) is 0 Å². The minimum atomic E-state index is -0.0806. The van der Waals surface area contributed by atoms with Gasteiger partial charge in [-0.25, -0.2) is 0 Å². The minimum Gasteiger partial charge on any atom is -0.493 e. The minimum absolute atomic E-state index is 0.0806. The first kappa shape index (κ1) is 14.0. The second-order valence-electron chi connectivity index (χ2n) is 4.46. The van der Waals surface area contributed by atoms with Crippen molar-refractivity contribution in [3.8, 4) is 5.75 Å². The molecule has 0 saturated heterocycles. The molecule has 106 valence electrons. The number of carbonyl (C=O) groups excluding carboxylic acids is 1. The van der Waals surface area contributed by atoms with Crippen molar-refractivity contribution in [1.29, 1.82) is 0 Å². The van der Waals surface area contributed by atoms with Crippen molar-refractivity contribution in [2.75, 3.05) is 12.3 Å². The zero-order valence-corrected chi connectivity index (χ0v) is 11.4. The molecule has 0 radical (unpaired) electrons. The summed E-state index contributed by atoms with van der Waals surface area (Å²) in [6, 6.07) is 10.8. The van der Waals surface area contributed by atoms with Gasteiger partial charge < -0.3 is 20.2 Å². The Hall–Kier alpha value is -2.43. The molecule has 2 aromatic rings. The van der Waals surface area contributed by atoms with Gasteiger partial charge in [-0.3, -0.25) is 4.79 Å². The summed E-state index contributed by atoms with van der Waals surface area (Å²) in [5.41, 5.74) is 6.27. The number of hydrogen-bond acceptors (Lipinski definition) is 4. The number of ether oxygens (including phenoxy) is 1. The molecule has 0 aliphatic carbocycles. The number of carbonyl (C=O) groups is 1. The Labute approximate surface area is 117 Å². The molecule has 1 heterocycles. The number of aryl methyl sites for hydroxylation is 1. The fourth-order valence-corrected chi connectivity index (χ4v) is 1.72. The van der Waals surface area contributed by atoms with Crippen LogP contribution in [0.1, 0.15) is 17.9 Å². The molecule has 0 saturated carbocycles. The first-order valence-corrected chi connectivity index (χ1v) is 6.44. The van der Waals surface area contributed by atoms with Crippen molar-refractivity contribution in [3.63, 3.8) is 0 Å². The van der Waals surface area contributed by atoms with E-state index in [1.165, 1.54) is 0 Å². The van der Waals surface area contributed by atoms with Crippen molar-refractivity contribution >= 4 is 11.6 Å². The molecule has 3 N–H and O–H groups in total. The second-order valence-corrected chi connectivity index (χ2v) is 4.46. The Bertz CT molecular complexity index is 578. The molecule has 0 aliphatic heterocycles. The summed E-state index contributed by atoms with van der Waals surface area (Å²) >= 11 is 0. The second kappa shape index (κ2) is 6.65. The summed E-state index contributed by atoms with van der Waals surface area (Å²) in [6.07, 6.45) is 0.286. The third-order valence-electron chi connectivity index (χ3n) is 2.71. The third kappa shape index (κ3) is 4.35. The molecule has 1 amide bonds. The lowest BCUT2D eigenvalue weighted by atomic mass is 10.3. The van der Waals surface area contributed by atoms with E-state index in [4.69, 9.17) is 14.9 Å². The van der Waals surface area contributed by atoms with Gasteiger partial charge in [0, 0.05) is 11.8 Å². The highest BCUT2D eigenvalue weighted by Gasteiger charge is 2.04. The Kier molecular flexibility index (Phi) is 4.65. The molecule has 0 fully saturated rings. The number of nitrogens with two attached hydrogens (primary N) is 1. The Morgan fingerprint density at radius 3 is 2.90 bits per heavy atom. The lowest BCUT2D eigenvalue weighted by Crippen LogP contribution is -2.24. The highest BCUT2D eigenvalue weighted by atomic mass is 16.5. The largest absolute Gasteiger partial charge is 0.493 e. The average Bonchev–Trinajstić information content (AvgIpc) is 2.82. The number of benzene rings is 1. The van der Waals surface area contributed by atoms with Gasteiger partial charge in [0.2, 0.25) is 5.91 Å². The third-order valence-corrected chi connectivity index (χ3v) is 2.71. The van der Waals surface area contributed by atoms with Gasteiger partial charge in [0.05, 0.1) is 19.6 Å². The molecular weight excluding hydrogens is 256 g/mol. The van der Waals surface area contributed by atoms with E-state index in [-0.39, 0.29) is 12.3 Å². The smallest absolute Gasteiger partial charge is 0.223 e. The van der Waals surface area contributed by atoms with Crippen molar-refractivity contribution < 1.29 is 13.9 Å². The van der Waals surface area contributed by atoms with Crippen LogP contribution in [0.2, 0.25) is 0 Å². The average molecular weight is 274 g/mol. The van der Waals surface area contributed by atoms with Crippen LogP contribution >= 0.6 is 0 Å². The maximum atomic E-state index is 11.6. The standard InChI is InChI=1S/C15H18N2O3/c1-11-5-6-14(20-11)10-17-15(18)7-8-19-13-4-2-3-12(16)9-13/h2-6,9H,7-8,10,16H2,1H3,(H,17,18). The molecular formula is C15H18N2O3. The topological polar surface area (TPSA) is 77.5 Å². The fraction of sp³-hybridized carbons (Fsp3) is 0.267. The predicted molar refractivity (Wildman–Crippen MR) is 76.3 cm³/mol. The molecule has 5 nitrogen and oxygen atoms in total. The fourth-order valence-electron chi connectivity index (χ4n) is 1.72. The molecule has 0 atom stereocenters. The van der Waals surface area contributed by atoms with Crippen LogP contribution in [-0.2, 0) is 11.3 Å². The van der Waals surface area contributed by atoms with E-state index in [1.807, 2.05) is 25.1 Å². The molecule has 5 heteroatoms. The van der Waals surface area contributed by atoms with E-state index in [1.54, 1.807) is 18.2 Å². The number of anilines is 1. The molecule has 1 aromatic heterocycles. The zero-order valence-electron chi connectivity index (χ0n) is 11.4. The summed E-state index contributed by atoms with van der Waals surface area (Å²) in [5, 5.41) is 2.77. The van der Waals surface area contributed by atoms with E-state index in [2.05, 4.69) is 5.32 Å². The van der Waals surface area contributed by atoms with Gasteiger partial charge in [-0.1, -0.05) is 6.07 Å². The number of nitrogens with one attached hydrogen (secondary N) is 1. The maximum absolute atomic E-state index is 11.6. The lowest BCUT2D eigenvalue weighted by Gasteiger charge is -2.07. The van der Waals surface area contributed by atoms with Crippen LogP contribution in [0.15, 0.2) is 40.8 Å². The number of nitrogen functional groups attached to an aromatic ring is 1. The zero-order chi connectivity index (χ0) is 14.4. The summed E-state index contributed by atoms with van der Waals surface area (Å²) in [4.78, 5) is 11.6. The Balaban J connectivity index is 1.67. The van der Waals surface area contributed by atoms with Gasteiger partial charge in [-0.15, -0.1) is 0 Å². The number of amides is 1. The van der Waals surface area contributed by atoms with Gasteiger partial charge in [-0.05, 0) is 31.2 Å². The summed E-state index contributed by atoms with van der Waals surface area (Å²) in [6.45, 7) is 2.57. The van der Waals surface area contributed by atoms with Gasteiger partial charge >= 0.3 is 0 Å². The van der Waals surface area contributed by atoms with Gasteiger partial charge in [0.25, 0.3) is 0 Å². The first-order chi connectivity index (χ1) is 9.63. The number of furan rings is 1. The quantitative estimate of drug-likeness (QED) is 0.792. The number of rotatable bonds is 6. The molecule has 0 unspecified atom stereocenters. The maximum Gasteiger partial charge on any atom is 0.223 e.